The summed E-state index contributed by atoms with van der Waals surface area (Å²) in [7, 11) is 0. The van der Waals surface area contributed by atoms with E-state index in [0.29, 0.717) is 11.6 Å². The van der Waals surface area contributed by atoms with E-state index in [1.807, 2.05) is 30.3 Å². The molecule has 1 N–H and O–H groups in total. The average Bonchev–Trinajstić information content (AvgIpc) is 3.06. The van der Waals surface area contributed by atoms with Crippen molar-refractivity contribution in [3.8, 4) is 0 Å². The number of hydrogen-bond acceptors (Lipinski definition) is 3. The minimum absolute atomic E-state index is 0.00579. The van der Waals surface area contributed by atoms with Crippen LogP contribution in [0.5, 0.6) is 0 Å². The fourth-order valence-electron chi connectivity index (χ4n) is 2.61. The highest BCUT2D eigenvalue weighted by Crippen LogP contribution is 2.49. The van der Waals surface area contributed by atoms with Gasteiger partial charge in [-0.15, -0.1) is 11.8 Å². The second-order valence-corrected chi connectivity index (χ2v) is 6.02. The summed E-state index contributed by atoms with van der Waals surface area (Å²) < 4.78 is 0. The summed E-state index contributed by atoms with van der Waals surface area (Å²) in [6, 6.07) is 9.33. The van der Waals surface area contributed by atoms with Crippen molar-refractivity contribution in [2.75, 3.05) is 11.6 Å². The van der Waals surface area contributed by atoms with Crippen molar-refractivity contribution >= 4 is 23.6 Å². The van der Waals surface area contributed by atoms with E-state index < -0.39 is 12.0 Å². The van der Waals surface area contributed by atoms with Crippen LogP contribution in [0, 0.1) is 5.92 Å². The predicted octanol–water partition coefficient (Wildman–Crippen LogP) is 1.78. The normalized spacial score (nSPS) is 29.3. The molecule has 1 aliphatic carbocycles. The second kappa shape index (κ2) is 4.89. The first-order valence-electron chi connectivity index (χ1n) is 6.34. The molecule has 1 aromatic carbocycles. The summed E-state index contributed by atoms with van der Waals surface area (Å²) in [6.07, 6.45) is 0.844. The highest BCUT2D eigenvalue weighted by molar-refractivity contribution is 7.99. The van der Waals surface area contributed by atoms with E-state index in [-0.39, 0.29) is 17.7 Å². The molecule has 2 fully saturated rings. The molecular weight excluding hydrogens is 262 g/mol. The SMILES string of the molecule is O=C(O)[C@@H]1CSCN1C(=O)C1CC1c1ccccc1. The Kier molecular flexibility index (Phi) is 3.22. The van der Waals surface area contributed by atoms with Gasteiger partial charge in [0.05, 0.1) is 5.88 Å². The smallest absolute Gasteiger partial charge is 0.327 e. The molecule has 3 atom stereocenters. The molecule has 100 valence electrons. The first kappa shape index (κ1) is 12.5. The molecule has 4 nitrogen and oxygen atoms in total. The molecule has 0 aromatic heterocycles. The molecule has 0 spiro atoms. The number of aliphatic carboxylic acids is 1. The standard InChI is InChI=1S/C14H15NO3S/c16-13(15-8-19-7-12(15)14(17)18)11-6-10(11)9-4-2-1-3-5-9/h1-5,10-12H,6-8H2,(H,17,18)/t10?,11?,12-/m0/s1. The molecule has 1 saturated heterocycles. The summed E-state index contributed by atoms with van der Waals surface area (Å²) in [6.45, 7) is 0. The Hall–Kier alpha value is -1.49. The molecule has 5 heteroatoms. The molecule has 1 saturated carbocycles. The maximum absolute atomic E-state index is 12.4. The summed E-state index contributed by atoms with van der Waals surface area (Å²) in [5.41, 5.74) is 1.18. The van der Waals surface area contributed by atoms with E-state index in [4.69, 9.17) is 5.11 Å². The number of benzene rings is 1. The Labute approximate surface area is 115 Å². The predicted molar refractivity (Wildman–Crippen MR) is 72.9 cm³/mol. The van der Waals surface area contributed by atoms with Crippen molar-refractivity contribution in [3.05, 3.63) is 35.9 Å². The van der Waals surface area contributed by atoms with Gasteiger partial charge in [-0.05, 0) is 17.9 Å². The third-order valence-corrected chi connectivity index (χ3v) is 4.80. The zero-order valence-electron chi connectivity index (χ0n) is 10.4. The topological polar surface area (TPSA) is 57.6 Å². The van der Waals surface area contributed by atoms with Crippen molar-refractivity contribution in [2.45, 2.75) is 18.4 Å². The largest absolute Gasteiger partial charge is 0.480 e. The van der Waals surface area contributed by atoms with Crippen molar-refractivity contribution in [2.24, 2.45) is 5.92 Å². The number of nitrogens with zero attached hydrogens (tertiary/aromatic N) is 1. The van der Waals surface area contributed by atoms with Gasteiger partial charge in [-0.2, -0.15) is 0 Å². The van der Waals surface area contributed by atoms with E-state index in [9.17, 15) is 9.59 Å². The lowest BCUT2D eigenvalue weighted by Gasteiger charge is -2.20. The number of carboxylic acids is 1. The minimum Gasteiger partial charge on any atom is -0.480 e. The average molecular weight is 277 g/mol. The van der Waals surface area contributed by atoms with Gasteiger partial charge in [-0.25, -0.2) is 4.79 Å². The van der Waals surface area contributed by atoms with Gasteiger partial charge in [-0.1, -0.05) is 30.3 Å². The van der Waals surface area contributed by atoms with Crippen molar-refractivity contribution in [1.82, 2.24) is 4.90 Å². The molecule has 0 bridgehead atoms. The molecule has 3 rings (SSSR count). The van der Waals surface area contributed by atoms with E-state index in [1.54, 1.807) is 0 Å². The summed E-state index contributed by atoms with van der Waals surface area (Å²) >= 11 is 1.51. The van der Waals surface area contributed by atoms with E-state index in [1.165, 1.54) is 22.2 Å². The maximum atomic E-state index is 12.4. The van der Waals surface area contributed by atoms with Crippen LogP contribution in [0.3, 0.4) is 0 Å². The van der Waals surface area contributed by atoms with Crippen LogP contribution in [0.1, 0.15) is 17.9 Å². The molecule has 2 unspecified atom stereocenters. The van der Waals surface area contributed by atoms with Gasteiger partial charge in [-0.3, -0.25) is 4.79 Å². The highest BCUT2D eigenvalue weighted by Gasteiger charge is 2.48. The van der Waals surface area contributed by atoms with Crippen LogP contribution in [0.4, 0.5) is 0 Å². The Morgan fingerprint density at radius 3 is 2.68 bits per heavy atom. The minimum atomic E-state index is -0.893. The quantitative estimate of drug-likeness (QED) is 0.915. The summed E-state index contributed by atoms with van der Waals surface area (Å²) in [4.78, 5) is 25.0. The first-order chi connectivity index (χ1) is 9.18. The molecule has 2 aliphatic rings. The van der Waals surface area contributed by atoms with Crippen molar-refractivity contribution in [3.63, 3.8) is 0 Å². The number of carboxylic acid groups (broad SMARTS) is 1. The molecular formula is C14H15NO3S. The lowest BCUT2D eigenvalue weighted by atomic mass is 10.1. The van der Waals surface area contributed by atoms with Crippen LogP contribution in [0.2, 0.25) is 0 Å². The number of hydrogen-bond donors (Lipinski definition) is 1. The van der Waals surface area contributed by atoms with Crippen molar-refractivity contribution < 1.29 is 14.7 Å². The van der Waals surface area contributed by atoms with Crippen LogP contribution in [0.15, 0.2) is 30.3 Å². The Morgan fingerprint density at radius 2 is 2.00 bits per heavy atom. The zero-order valence-corrected chi connectivity index (χ0v) is 11.2. The summed E-state index contributed by atoms with van der Waals surface area (Å²) in [5, 5.41) is 9.11. The van der Waals surface area contributed by atoms with Gasteiger partial charge >= 0.3 is 5.97 Å². The lowest BCUT2D eigenvalue weighted by molar-refractivity contribution is -0.148. The van der Waals surface area contributed by atoms with E-state index >= 15 is 0 Å². The van der Waals surface area contributed by atoms with Crippen LogP contribution in [-0.4, -0.2) is 39.6 Å². The molecule has 1 amide bonds. The zero-order chi connectivity index (χ0) is 13.4. The van der Waals surface area contributed by atoms with Gasteiger partial charge in [0.2, 0.25) is 5.91 Å². The number of carbonyl (C=O) groups excluding carboxylic acids is 1. The maximum Gasteiger partial charge on any atom is 0.327 e. The number of thioether (sulfide) groups is 1. The fraction of sp³-hybridized carbons (Fsp3) is 0.429. The van der Waals surface area contributed by atoms with Crippen molar-refractivity contribution in [1.29, 1.82) is 0 Å². The molecule has 1 heterocycles. The molecule has 1 aromatic rings. The van der Waals surface area contributed by atoms with E-state index in [0.717, 1.165) is 6.42 Å². The Morgan fingerprint density at radius 1 is 1.26 bits per heavy atom. The van der Waals surface area contributed by atoms with Crippen LogP contribution < -0.4 is 0 Å². The fourth-order valence-corrected chi connectivity index (χ4v) is 3.77. The van der Waals surface area contributed by atoms with Crippen LogP contribution in [0.25, 0.3) is 0 Å². The van der Waals surface area contributed by atoms with E-state index in [2.05, 4.69) is 0 Å². The molecule has 0 radical (unpaired) electrons. The Bertz CT molecular complexity index is 505. The first-order valence-corrected chi connectivity index (χ1v) is 7.50. The second-order valence-electron chi connectivity index (χ2n) is 5.02. The Balaban J connectivity index is 1.68. The third kappa shape index (κ3) is 2.34. The van der Waals surface area contributed by atoms with Gasteiger partial charge in [0.25, 0.3) is 0 Å². The van der Waals surface area contributed by atoms with Crippen LogP contribution >= 0.6 is 11.8 Å². The monoisotopic (exact) mass is 277 g/mol. The molecule has 19 heavy (non-hydrogen) atoms. The van der Waals surface area contributed by atoms with Gasteiger partial charge in [0.1, 0.15) is 6.04 Å². The van der Waals surface area contributed by atoms with Crippen LogP contribution in [-0.2, 0) is 9.59 Å². The highest BCUT2D eigenvalue weighted by atomic mass is 32.2. The lowest BCUT2D eigenvalue weighted by Crippen LogP contribution is -2.42. The van der Waals surface area contributed by atoms with Gasteiger partial charge in [0, 0.05) is 11.7 Å². The third-order valence-electron chi connectivity index (χ3n) is 3.79. The summed E-state index contributed by atoms with van der Waals surface area (Å²) in [5.74, 6) is 0.371. The van der Waals surface area contributed by atoms with Gasteiger partial charge < -0.3 is 10.0 Å². The van der Waals surface area contributed by atoms with Gasteiger partial charge in [0.15, 0.2) is 0 Å². The number of amides is 1. The number of rotatable bonds is 3. The molecule has 1 aliphatic heterocycles. The number of carbonyl (C=O) groups is 2.